The number of nitrogens with one attached hydrogen (secondary N) is 4. The van der Waals surface area contributed by atoms with Crippen LogP contribution in [-0.4, -0.2) is 94.1 Å². The lowest BCUT2D eigenvalue weighted by Crippen LogP contribution is -2.60. The molecule has 1 aromatic carbocycles. The summed E-state index contributed by atoms with van der Waals surface area (Å²) in [7, 11) is -3.93. The Bertz CT molecular complexity index is 1880. The average molecular weight is 756 g/mol. The van der Waals surface area contributed by atoms with Gasteiger partial charge in [-0.1, -0.05) is 45.0 Å². The number of hydrogen-bond acceptors (Lipinski definition) is 10. The summed E-state index contributed by atoms with van der Waals surface area (Å²) in [5, 5.41) is 11.8. The van der Waals surface area contributed by atoms with Gasteiger partial charge in [-0.05, 0) is 64.5 Å². The van der Waals surface area contributed by atoms with Crippen molar-refractivity contribution in [1.82, 2.24) is 30.0 Å². The van der Waals surface area contributed by atoms with Crippen molar-refractivity contribution in [2.75, 3.05) is 11.9 Å². The molecule has 1 aliphatic heterocycles. The van der Waals surface area contributed by atoms with E-state index >= 15 is 0 Å². The number of amides is 5. The van der Waals surface area contributed by atoms with Crippen LogP contribution in [0.3, 0.4) is 0 Å². The number of carbonyl (C=O) groups excluding carboxylic acids is 5. The lowest BCUT2D eigenvalue weighted by Gasteiger charge is -2.36. The van der Waals surface area contributed by atoms with Gasteiger partial charge in [-0.25, -0.2) is 22.7 Å². The number of alkyl carbamates (subject to hydrolysis) is 1. The van der Waals surface area contributed by atoms with Crippen molar-refractivity contribution in [2.45, 2.75) is 109 Å². The van der Waals surface area contributed by atoms with Crippen molar-refractivity contribution in [3.63, 3.8) is 0 Å². The van der Waals surface area contributed by atoms with Gasteiger partial charge in [0.1, 0.15) is 35.1 Å². The molecule has 2 heterocycles. The molecule has 2 aliphatic carbocycles. The van der Waals surface area contributed by atoms with Crippen LogP contribution >= 0.6 is 0 Å². The van der Waals surface area contributed by atoms with E-state index in [0.29, 0.717) is 30.0 Å². The number of carbonyl (C=O) groups is 5. The first-order valence-corrected chi connectivity index (χ1v) is 19.1. The average Bonchev–Trinajstić information content (AvgIpc) is 3.95. The quantitative estimate of drug-likeness (QED) is 0.246. The van der Waals surface area contributed by atoms with Crippen LogP contribution < -0.4 is 20.7 Å². The molecule has 1 saturated heterocycles. The Kier molecular flexibility index (Phi) is 10.7. The first-order valence-electron chi connectivity index (χ1n) is 17.5. The number of nitrogens with zero attached hydrogens (tertiary/aromatic N) is 3. The molecule has 4 N–H and O–H groups in total. The number of aryl methyl sites for hydroxylation is 1. The molecule has 0 radical (unpaired) electrons. The van der Waals surface area contributed by atoms with E-state index in [9.17, 15) is 32.4 Å². The van der Waals surface area contributed by atoms with Crippen molar-refractivity contribution in [3.05, 3.63) is 54.7 Å². The van der Waals surface area contributed by atoms with E-state index in [1.165, 1.54) is 15.7 Å². The standard InChI is InChI=1S/C36H49N7O9S/c1-9-22-19-36(22,31(46)41-53(49,50)25-15-16-25)39-29(44)26-18-24(20-42(26)30(45)28(34(3,4)5)38-33(48)52-35(6,7)8)51-32(47)37-27-17-21(2)40-43(27)23-13-11-10-12-14-23/h9-14,17,22,24-26,28H,1,15-16,18-20H2,2-8H3,(H,37,47)(H,38,48)(H,39,44)(H,41,46)/t22?,24-,26+,28-,36-/m1/s1. The van der Waals surface area contributed by atoms with Crippen molar-refractivity contribution in [3.8, 4) is 5.69 Å². The van der Waals surface area contributed by atoms with Crippen LogP contribution in [0.25, 0.3) is 5.69 Å². The van der Waals surface area contributed by atoms with Gasteiger partial charge in [0.05, 0.1) is 23.2 Å². The summed E-state index contributed by atoms with van der Waals surface area (Å²) in [5.74, 6) is -2.56. The minimum atomic E-state index is -3.93. The fraction of sp³-hybridized carbons (Fsp3) is 0.556. The van der Waals surface area contributed by atoms with Gasteiger partial charge in [-0.15, -0.1) is 6.58 Å². The highest BCUT2D eigenvalue weighted by Crippen LogP contribution is 2.45. The lowest BCUT2D eigenvalue weighted by atomic mass is 9.85. The second kappa shape index (κ2) is 14.5. The van der Waals surface area contributed by atoms with Crippen molar-refractivity contribution < 1.29 is 41.9 Å². The predicted molar refractivity (Wildman–Crippen MR) is 194 cm³/mol. The molecule has 0 spiro atoms. The fourth-order valence-electron chi connectivity index (χ4n) is 6.27. The SMILES string of the molecule is C=CC1C[C@]1(NC(=O)[C@@H]1C[C@@H](OC(=O)Nc2cc(C)nn2-c2ccccc2)CN1C(=O)[C@@H](NC(=O)OC(C)(C)C)C(C)(C)C)C(=O)NS(=O)(=O)C1CC1. The van der Waals surface area contributed by atoms with E-state index in [-0.39, 0.29) is 19.4 Å². The van der Waals surface area contributed by atoms with Crippen LogP contribution in [0, 0.1) is 18.3 Å². The summed E-state index contributed by atoms with van der Waals surface area (Å²) < 4.78 is 40.1. The molecule has 1 aromatic heterocycles. The summed E-state index contributed by atoms with van der Waals surface area (Å²) in [6.45, 7) is 15.5. The number of benzene rings is 1. The maximum atomic E-state index is 14.4. The maximum absolute atomic E-state index is 14.4. The highest BCUT2D eigenvalue weighted by atomic mass is 32.2. The first-order chi connectivity index (χ1) is 24.6. The lowest BCUT2D eigenvalue weighted by molar-refractivity contribution is -0.143. The number of hydrogen-bond donors (Lipinski definition) is 4. The molecule has 1 unspecified atom stereocenters. The van der Waals surface area contributed by atoms with E-state index in [4.69, 9.17) is 9.47 Å². The molecule has 0 bridgehead atoms. The molecule has 5 amide bonds. The third-order valence-corrected chi connectivity index (χ3v) is 11.0. The second-order valence-electron chi connectivity index (χ2n) is 15.9. The summed E-state index contributed by atoms with van der Waals surface area (Å²) >= 11 is 0. The van der Waals surface area contributed by atoms with Crippen LogP contribution in [0.2, 0.25) is 0 Å². The third-order valence-electron chi connectivity index (χ3n) is 9.21. The van der Waals surface area contributed by atoms with Gasteiger partial charge in [0, 0.05) is 18.4 Å². The van der Waals surface area contributed by atoms with Crippen molar-refractivity contribution >= 4 is 45.7 Å². The molecular weight excluding hydrogens is 707 g/mol. The Morgan fingerprint density at radius 3 is 2.26 bits per heavy atom. The first kappa shape index (κ1) is 39.3. The number of rotatable bonds is 11. The smallest absolute Gasteiger partial charge is 0.413 e. The zero-order valence-corrected chi connectivity index (χ0v) is 31.9. The zero-order chi connectivity index (χ0) is 39.1. The Morgan fingerprint density at radius 2 is 1.70 bits per heavy atom. The Labute approximate surface area is 309 Å². The molecule has 5 atom stereocenters. The zero-order valence-electron chi connectivity index (χ0n) is 31.1. The van der Waals surface area contributed by atoms with E-state index in [2.05, 4.69) is 32.4 Å². The van der Waals surface area contributed by atoms with Gasteiger partial charge in [-0.2, -0.15) is 5.10 Å². The molecule has 16 nitrogen and oxygen atoms in total. The Balaban J connectivity index is 1.39. The molecule has 3 fully saturated rings. The predicted octanol–water partition coefficient (Wildman–Crippen LogP) is 3.31. The summed E-state index contributed by atoms with van der Waals surface area (Å²) in [4.78, 5) is 69.4. The van der Waals surface area contributed by atoms with Crippen molar-refractivity contribution in [1.29, 1.82) is 0 Å². The molecule has 2 saturated carbocycles. The largest absolute Gasteiger partial charge is 0.444 e. The molecule has 2 aromatic rings. The van der Waals surface area contributed by atoms with Crippen LogP contribution in [0.5, 0.6) is 0 Å². The summed E-state index contributed by atoms with van der Waals surface area (Å²) in [6.07, 6.45) is -0.459. The number of ether oxygens (including phenoxy) is 2. The highest BCUT2D eigenvalue weighted by molar-refractivity contribution is 7.91. The topological polar surface area (TPSA) is 207 Å². The van der Waals surface area contributed by atoms with Crippen LogP contribution in [0.4, 0.5) is 15.4 Å². The van der Waals surface area contributed by atoms with E-state index < -0.39 is 85.8 Å². The van der Waals surface area contributed by atoms with Crippen LogP contribution in [0.15, 0.2) is 49.1 Å². The highest BCUT2D eigenvalue weighted by Gasteiger charge is 2.62. The molecule has 5 rings (SSSR count). The maximum Gasteiger partial charge on any atom is 0.413 e. The minimum absolute atomic E-state index is 0.0938. The number of para-hydroxylation sites is 1. The molecule has 17 heteroatoms. The second-order valence-corrected chi connectivity index (χ2v) is 17.9. The van der Waals surface area contributed by atoms with Crippen LogP contribution in [-0.2, 0) is 33.9 Å². The van der Waals surface area contributed by atoms with Gasteiger partial charge in [0.25, 0.3) is 5.91 Å². The fourth-order valence-corrected chi connectivity index (χ4v) is 7.64. The normalized spacial score (nSPS) is 23.3. The number of anilines is 1. The molecular formula is C36H49N7O9S. The summed E-state index contributed by atoms with van der Waals surface area (Å²) in [5.41, 5.74) is -2.03. The summed E-state index contributed by atoms with van der Waals surface area (Å²) in [6, 6.07) is 8.31. The van der Waals surface area contributed by atoms with E-state index in [1.807, 2.05) is 30.3 Å². The van der Waals surface area contributed by atoms with E-state index in [0.717, 1.165) is 0 Å². The van der Waals surface area contributed by atoms with E-state index in [1.54, 1.807) is 54.5 Å². The Morgan fingerprint density at radius 1 is 1.04 bits per heavy atom. The third kappa shape index (κ3) is 9.18. The van der Waals surface area contributed by atoms with Gasteiger partial charge in [0.15, 0.2) is 0 Å². The minimum Gasteiger partial charge on any atom is -0.444 e. The molecule has 288 valence electrons. The molecule has 53 heavy (non-hydrogen) atoms. The number of likely N-dealkylation sites (tertiary alicyclic amines) is 1. The molecule has 3 aliphatic rings. The van der Waals surface area contributed by atoms with Gasteiger partial charge < -0.3 is 25.0 Å². The van der Waals surface area contributed by atoms with Crippen molar-refractivity contribution in [2.24, 2.45) is 11.3 Å². The van der Waals surface area contributed by atoms with Gasteiger partial charge in [0.2, 0.25) is 21.8 Å². The number of aromatic nitrogens is 2. The Hall–Kier alpha value is -4.93. The monoisotopic (exact) mass is 755 g/mol. The van der Waals surface area contributed by atoms with Gasteiger partial charge in [-0.3, -0.25) is 24.4 Å². The van der Waals surface area contributed by atoms with Gasteiger partial charge >= 0.3 is 12.2 Å². The number of sulfonamides is 1. The van der Waals surface area contributed by atoms with Crippen LogP contribution in [0.1, 0.15) is 72.9 Å².